The maximum absolute atomic E-state index is 10.8. The van der Waals surface area contributed by atoms with Crippen molar-refractivity contribution < 1.29 is 19.0 Å². The molecule has 1 amide bonds. The van der Waals surface area contributed by atoms with Crippen molar-refractivity contribution in [2.24, 2.45) is 0 Å². The van der Waals surface area contributed by atoms with Gasteiger partial charge < -0.3 is 19.1 Å². The van der Waals surface area contributed by atoms with Crippen molar-refractivity contribution in [3.63, 3.8) is 0 Å². The Morgan fingerprint density at radius 2 is 1.60 bits per heavy atom. The van der Waals surface area contributed by atoms with Gasteiger partial charge in [0.25, 0.3) is 0 Å². The summed E-state index contributed by atoms with van der Waals surface area (Å²) in [4.78, 5) is 12.4. The standard InChI is InChI=1S/C10H21NO4/c1-10(12)11(2)4-5-14-8-9-15-7-6-13-3/h4-9H2,1-3H3. The second kappa shape index (κ2) is 9.89. The molecule has 0 rings (SSSR count). The summed E-state index contributed by atoms with van der Waals surface area (Å²) in [5.74, 6) is 0.0509. The van der Waals surface area contributed by atoms with Gasteiger partial charge in [-0.25, -0.2) is 0 Å². The van der Waals surface area contributed by atoms with E-state index < -0.39 is 0 Å². The molecule has 0 aliphatic rings. The van der Waals surface area contributed by atoms with E-state index in [0.29, 0.717) is 39.6 Å². The van der Waals surface area contributed by atoms with Crippen molar-refractivity contribution in [2.75, 3.05) is 53.7 Å². The topological polar surface area (TPSA) is 48.0 Å². The Morgan fingerprint density at radius 1 is 1.07 bits per heavy atom. The molecule has 0 bridgehead atoms. The van der Waals surface area contributed by atoms with Gasteiger partial charge in [-0.1, -0.05) is 0 Å². The van der Waals surface area contributed by atoms with Gasteiger partial charge in [-0.15, -0.1) is 0 Å². The summed E-state index contributed by atoms with van der Waals surface area (Å²) in [7, 11) is 3.39. The lowest BCUT2D eigenvalue weighted by molar-refractivity contribution is -0.128. The molecule has 5 heteroatoms. The Kier molecular flexibility index (Phi) is 9.46. The third-order valence-corrected chi connectivity index (χ3v) is 1.91. The fourth-order valence-electron chi connectivity index (χ4n) is 0.823. The van der Waals surface area contributed by atoms with Crippen molar-refractivity contribution in [3.05, 3.63) is 0 Å². The van der Waals surface area contributed by atoms with Crippen LogP contribution in [0.4, 0.5) is 0 Å². The largest absolute Gasteiger partial charge is 0.382 e. The van der Waals surface area contributed by atoms with E-state index in [1.165, 1.54) is 6.92 Å². The maximum Gasteiger partial charge on any atom is 0.219 e. The van der Waals surface area contributed by atoms with Crippen LogP contribution in [0, 0.1) is 0 Å². The van der Waals surface area contributed by atoms with Crippen molar-refractivity contribution >= 4 is 5.91 Å². The normalized spacial score (nSPS) is 10.3. The number of hydrogen-bond acceptors (Lipinski definition) is 4. The van der Waals surface area contributed by atoms with E-state index >= 15 is 0 Å². The number of likely N-dealkylation sites (N-methyl/N-ethyl adjacent to an activating group) is 1. The van der Waals surface area contributed by atoms with Crippen LogP contribution in [0.1, 0.15) is 6.92 Å². The first-order valence-electron chi connectivity index (χ1n) is 5.04. The third-order valence-electron chi connectivity index (χ3n) is 1.91. The highest BCUT2D eigenvalue weighted by Gasteiger charge is 2.00. The molecular formula is C10H21NO4. The van der Waals surface area contributed by atoms with Gasteiger partial charge in [-0.2, -0.15) is 0 Å². The van der Waals surface area contributed by atoms with Crippen molar-refractivity contribution in [1.82, 2.24) is 4.90 Å². The molecule has 90 valence electrons. The van der Waals surface area contributed by atoms with Gasteiger partial charge in [-0.3, -0.25) is 4.79 Å². The monoisotopic (exact) mass is 219 g/mol. The molecule has 0 saturated carbocycles. The predicted octanol–water partition coefficient (Wildman–Crippen LogP) is 0.144. The van der Waals surface area contributed by atoms with Gasteiger partial charge in [0.2, 0.25) is 5.91 Å². The minimum absolute atomic E-state index is 0.0509. The predicted molar refractivity (Wildman–Crippen MR) is 56.8 cm³/mol. The molecule has 0 aromatic heterocycles. The molecule has 0 spiro atoms. The van der Waals surface area contributed by atoms with Crippen molar-refractivity contribution in [2.45, 2.75) is 6.92 Å². The van der Waals surface area contributed by atoms with Crippen LogP contribution in [-0.4, -0.2) is 64.5 Å². The lowest BCUT2D eigenvalue weighted by atomic mass is 10.5. The van der Waals surface area contributed by atoms with Gasteiger partial charge in [0.15, 0.2) is 0 Å². The van der Waals surface area contributed by atoms with Crippen LogP contribution < -0.4 is 0 Å². The average molecular weight is 219 g/mol. The highest BCUT2D eigenvalue weighted by molar-refractivity contribution is 5.72. The smallest absolute Gasteiger partial charge is 0.219 e. The van der Waals surface area contributed by atoms with E-state index in [1.54, 1.807) is 19.1 Å². The molecule has 0 aliphatic heterocycles. The first-order valence-corrected chi connectivity index (χ1v) is 5.04. The SMILES string of the molecule is COCCOCCOCCN(C)C(C)=O. The molecule has 0 saturated heterocycles. The summed E-state index contributed by atoms with van der Waals surface area (Å²) in [5, 5.41) is 0. The lowest BCUT2D eigenvalue weighted by Crippen LogP contribution is -2.28. The fraction of sp³-hybridized carbons (Fsp3) is 0.900. The molecule has 0 N–H and O–H groups in total. The molecule has 0 fully saturated rings. The number of carbonyl (C=O) groups is 1. The van der Waals surface area contributed by atoms with Gasteiger partial charge in [-0.05, 0) is 0 Å². The van der Waals surface area contributed by atoms with E-state index in [-0.39, 0.29) is 5.91 Å². The zero-order valence-corrected chi connectivity index (χ0v) is 9.82. The summed E-state index contributed by atoms with van der Waals surface area (Å²) in [6.07, 6.45) is 0. The number of methoxy groups -OCH3 is 1. The van der Waals surface area contributed by atoms with Crippen molar-refractivity contribution in [1.29, 1.82) is 0 Å². The van der Waals surface area contributed by atoms with Crippen LogP contribution in [0.15, 0.2) is 0 Å². The average Bonchev–Trinajstić information content (AvgIpc) is 2.21. The highest BCUT2D eigenvalue weighted by Crippen LogP contribution is 1.85. The van der Waals surface area contributed by atoms with Gasteiger partial charge in [0.05, 0.1) is 33.0 Å². The zero-order valence-electron chi connectivity index (χ0n) is 9.82. The summed E-state index contributed by atoms with van der Waals surface area (Å²) in [5.41, 5.74) is 0. The van der Waals surface area contributed by atoms with Gasteiger partial charge in [0.1, 0.15) is 0 Å². The lowest BCUT2D eigenvalue weighted by Gasteiger charge is -2.14. The van der Waals surface area contributed by atoms with Crippen LogP contribution in [-0.2, 0) is 19.0 Å². The Morgan fingerprint density at radius 3 is 2.13 bits per heavy atom. The molecule has 5 nitrogen and oxygen atoms in total. The number of nitrogens with zero attached hydrogens (tertiary/aromatic N) is 1. The molecular weight excluding hydrogens is 198 g/mol. The van der Waals surface area contributed by atoms with E-state index in [1.807, 2.05) is 0 Å². The second-order valence-electron chi connectivity index (χ2n) is 3.16. The maximum atomic E-state index is 10.8. The zero-order chi connectivity index (χ0) is 11.5. The third kappa shape index (κ3) is 9.65. The molecule has 0 heterocycles. The number of amides is 1. The Labute approximate surface area is 91.3 Å². The molecule has 15 heavy (non-hydrogen) atoms. The summed E-state index contributed by atoms with van der Waals surface area (Å²) < 4.78 is 15.3. The van der Waals surface area contributed by atoms with Crippen LogP contribution >= 0.6 is 0 Å². The number of ether oxygens (including phenoxy) is 3. The molecule has 0 aliphatic carbocycles. The summed E-state index contributed by atoms with van der Waals surface area (Å²) in [6.45, 7) is 5.01. The van der Waals surface area contributed by atoms with E-state index in [2.05, 4.69) is 0 Å². The van der Waals surface area contributed by atoms with Crippen LogP contribution in [0.5, 0.6) is 0 Å². The minimum atomic E-state index is 0.0509. The second-order valence-corrected chi connectivity index (χ2v) is 3.16. The van der Waals surface area contributed by atoms with E-state index in [4.69, 9.17) is 14.2 Å². The Bertz CT molecular complexity index is 164. The fourth-order valence-corrected chi connectivity index (χ4v) is 0.823. The quantitative estimate of drug-likeness (QED) is 0.518. The number of carbonyl (C=O) groups excluding carboxylic acids is 1. The summed E-state index contributed by atoms with van der Waals surface area (Å²) >= 11 is 0. The van der Waals surface area contributed by atoms with Gasteiger partial charge >= 0.3 is 0 Å². The first kappa shape index (κ1) is 14.3. The van der Waals surface area contributed by atoms with Crippen LogP contribution in [0.2, 0.25) is 0 Å². The molecule has 0 aromatic carbocycles. The molecule has 0 radical (unpaired) electrons. The van der Waals surface area contributed by atoms with Crippen molar-refractivity contribution in [3.8, 4) is 0 Å². The number of rotatable bonds is 9. The van der Waals surface area contributed by atoms with E-state index in [0.717, 1.165) is 0 Å². The molecule has 0 unspecified atom stereocenters. The van der Waals surface area contributed by atoms with E-state index in [9.17, 15) is 4.79 Å². The Hall–Kier alpha value is -0.650. The van der Waals surface area contributed by atoms with Crippen LogP contribution in [0.3, 0.4) is 0 Å². The van der Waals surface area contributed by atoms with Crippen LogP contribution in [0.25, 0.3) is 0 Å². The minimum Gasteiger partial charge on any atom is -0.382 e. The highest BCUT2D eigenvalue weighted by atomic mass is 16.5. The Balaban J connectivity index is 3.08. The molecule has 0 aromatic rings. The summed E-state index contributed by atoms with van der Waals surface area (Å²) in [6, 6.07) is 0. The van der Waals surface area contributed by atoms with Gasteiger partial charge in [0, 0.05) is 27.6 Å². The first-order chi connectivity index (χ1) is 7.18. The molecule has 0 atom stereocenters. The number of hydrogen-bond donors (Lipinski definition) is 0.